The highest BCUT2D eigenvalue weighted by Crippen LogP contribution is 2.32. The highest BCUT2D eigenvalue weighted by atomic mass is 32.1. The summed E-state index contributed by atoms with van der Waals surface area (Å²) in [7, 11) is 0. The van der Waals surface area contributed by atoms with Crippen LogP contribution in [0, 0.1) is 0 Å². The molecule has 0 spiro atoms. The summed E-state index contributed by atoms with van der Waals surface area (Å²) in [5.74, 6) is 0. The Morgan fingerprint density at radius 3 is 2.56 bits per heavy atom. The minimum atomic E-state index is 0.120. The molecule has 0 saturated carbocycles. The van der Waals surface area contributed by atoms with Gasteiger partial charge in [0.05, 0.1) is 0 Å². The quantitative estimate of drug-likeness (QED) is 0.753. The predicted molar refractivity (Wildman–Crippen MR) is 69.3 cm³/mol. The summed E-state index contributed by atoms with van der Waals surface area (Å²) in [6.45, 7) is 10.0. The van der Waals surface area contributed by atoms with Crippen molar-refractivity contribution in [2.75, 3.05) is 11.4 Å². The van der Waals surface area contributed by atoms with E-state index in [-0.39, 0.29) is 5.41 Å². The molecule has 3 nitrogen and oxygen atoms in total. The van der Waals surface area contributed by atoms with E-state index in [1.54, 1.807) is 11.3 Å². The van der Waals surface area contributed by atoms with E-state index in [0.29, 0.717) is 6.04 Å². The molecule has 0 aliphatic carbocycles. The lowest BCUT2D eigenvalue weighted by Gasteiger charge is -2.32. The van der Waals surface area contributed by atoms with Gasteiger partial charge in [0.1, 0.15) is 5.01 Å². The minimum absolute atomic E-state index is 0.120. The fourth-order valence-corrected chi connectivity index (χ4v) is 3.05. The van der Waals surface area contributed by atoms with Crippen molar-refractivity contribution in [2.24, 2.45) is 0 Å². The van der Waals surface area contributed by atoms with E-state index >= 15 is 0 Å². The summed E-state index contributed by atoms with van der Waals surface area (Å²) in [6.07, 6.45) is 3.92. The van der Waals surface area contributed by atoms with Crippen LogP contribution in [0.1, 0.15) is 52.0 Å². The first kappa shape index (κ1) is 11.8. The lowest BCUT2D eigenvalue weighted by molar-refractivity contribution is 0.483. The molecular weight excluding hydrogens is 218 g/mol. The topological polar surface area (TPSA) is 29.0 Å². The Labute approximate surface area is 102 Å². The maximum atomic E-state index is 4.35. The van der Waals surface area contributed by atoms with Crippen molar-refractivity contribution in [2.45, 2.75) is 58.4 Å². The van der Waals surface area contributed by atoms with Crippen molar-refractivity contribution in [1.29, 1.82) is 0 Å². The number of hydrogen-bond acceptors (Lipinski definition) is 4. The Bertz CT molecular complexity index is 353. The maximum Gasteiger partial charge on any atom is 0.208 e. The molecule has 1 saturated heterocycles. The molecule has 16 heavy (non-hydrogen) atoms. The van der Waals surface area contributed by atoms with Gasteiger partial charge >= 0.3 is 0 Å². The van der Waals surface area contributed by atoms with Crippen LogP contribution in [0.4, 0.5) is 5.13 Å². The molecule has 0 N–H and O–H groups in total. The Morgan fingerprint density at radius 2 is 2.00 bits per heavy atom. The van der Waals surface area contributed by atoms with Gasteiger partial charge in [0.2, 0.25) is 5.13 Å². The molecule has 0 amide bonds. The van der Waals surface area contributed by atoms with Crippen molar-refractivity contribution in [1.82, 2.24) is 10.2 Å². The first-order valence-corrected chi connectivity index (χ1v) is 6.91. The first-order chi connectivity index (χ1) is 7.48. The lowest BCUT2D eigenvalue weighted by Crippen LogP contribution is -2.37. The van der Waals surface area contributed by atoms with Gasteiger partial charge < -0.3 is 4.90 Å². The molecule has 4 heteroatoms. The standard InChI is InChI=1S/C12H21N3S/c1-9-7-5-6-8-15(9)11-14-13-10(16-11)12(2,3)4/h9H,5-8H2,1-4H3. The monoisotopic (exact) mass is 239 g/mol. The average molecular weight is 239 g/mol. The molecule has 0 bridgehead atoms. The van der Waals surface area contributed by atoms with Crippen LogP contribution >= 0.6 is 11.3 Å². The molecule has 1 atom stereocenters. The van der Waals surface area contributed by atoms with Crippen LogP contribution in [-0.2, 0) is 5.41 Å². The predicted octanol–water partition coefficient (Wildman–Crippen LogP) is 3.21. The maximum absolute atomic E-state index is 4.35. The average Bonchev–Trinajstić information content (AvgIpc) is 2.66. The second kappa shape index (κ2) is 4.32. The number of nitrogens with zero attached hydrogens (tertiary/aromatic N) is 3. The van der Waals surface area contributed by atoms with Crippen LogP contribution in [0.25, 0.3) is 0 Å². The Balaban J connectivity index is 2.18. The number of hydrogen-bond donors (Lipinski definition) is 0. The Morgan fingerprint density at radius 1 is 1.25 bits per heavy atom. The highest BCUT2D eigenvalue weighted by molar-refractivity contribution is 7.15. The van der Waals surface area contributed by atoms with E-state index in [9.17, 15) is 0 Å². The minimum Gasteiger partial charge on any atom is -0.344 e. The molecule has 1 unspecified atom stereocenters. The van der Waals surface area contributed by atoms with Crippen molar-refractivity contribution in [3.05, 3.63) is 5.01 Å². The molecule has 1 fully saturated rings. The second-order valence-corrected chi connectivity index (χ2v) is 6.63. The second-order valence-electron chi connectivity index (χ2n) is 5.68. The third-order valence-corrected chi connectivity index (χ3v) is 4.49. The SMILES string of the molecule is CC1CCCCN1c1nnc(C(C)(C)C)s1. The number of aromatic nitrogens is 2. The van der Waals surface area contributed by atoms with Gasteiger partial charge in [0.15, 0.2) is 0 Å². The summed E-state index contributed by atoms with van der Waals surface area (Å²) in [5.41, 5.74) is 0.120. The van der Waals surface area contributed by atoms with Crippen molar-refractivity contribution < 1.29 is 0 Å². The number of rotatable bonds is 1. The molecule has 1 aliphatic rings. The van der Waals surface area contributed by atoms with Crippen LogP contribution in [0.15, 0.2) is 0 Å². The zero-order valence-electron chi connectivity index (χ0n) is 10.7. The van der Waals surface area contributed by atoms with E-state index in [1.165, 1.54) is 19.3 Å². The smallest absolute Gasteiger partial charge is 0.208 e. The van der Waals surface area contributed by atoms with Crippen LogP contribution < -0.4 is 4.90 Å². The molecule has 2 rings (SSSR count). The van der Waals surface area contributed by atoms with Gasteiger partial charge in [0, 0.05) is 18.0 Å². The molecule has 1 aromatic heterocycles. The van der Waals surface area contributed by atoms with E-state index in [2.05, 4.69) is 42.8 Å². The molecular formula is C12H21N3S. The largest absolute Gasteiger partial charge is 0.344 e. The van der Waals surface area contributed by atoms with Gasteiger partial charge in [-0.25, -0.2) is 0 Å². The summed E-state index contributed by atoms with van der Waals surface area (Å²) in [4.78, 5) is 2.41. The van der Waals surface area contributed by atoms with Crippen molar-refractivity contribution in [3.63, 3.8) is 0 Å². The molecule has 0 aromatic carbocycles. The van der Waals surface area contributed by atoms with Gasteiger partial charge in [-0.05, 0) is 26.2 Å². The number of anilines is 1. The van der Waals surface area contributed by atoms with E-state index in [4.69, 9.17) is 0 Å². The number of piperidine rings is 1. The van der Waals surface area contributed by atoms with Crippen LogP contribution in [0.5, 0.6) is 0 Å². The molecule has 1 aliphatic heterocycles. The molecule has 1 aromatic rings. The van der Waals surface area contributed by atoms with E-state index in [1.807, 2.05) is 0 Å². The summed E-state index contributed by atoms with van der Waals surface area (Å²) >= 11 is 1.75. The first-order valence-electron chi connectivity index (χ1n) is 6.09. The van der Waals surface area contributed by atoms with Crippen LogP contribution in [0.3, 0.4) is 0 Å². The Hall–Kier alpha value is -0.640. The van der Waals surface area contributed by atoms with Gasteiger partial charge in [-0.2, -0.15) is 0 Å². The third-order valence-electron chi connectivity index (χ3n) is 3.10. The highest BCUT2D eigenvalue weighted by Gasteiger charge is 2.25. The van der Waals surface area contributed by atoms with Gasteiger partial charge in [0.25, 0.3) is 0 Å². The summed E-state index contributed by atoms with van der Waals surface area (Å²) in [6, 6.07) is 0.620. The van der Waals surface area contributed by atoms with Crippen molar-refractivity contribution >= 4 is 16.5 Å². The fourth-order valence-electron chi connectivity index (χ4n) is 2.02. The summed E-state index contributed by atoms with van der Waals surface area (Å²) < 4.78 is 0. The third kappa shape index (κ3) is 2.37. The lowest BCUT2D eigenvalue weighted by atomic mass is 9.98. The molecule has 0 radical (unpaired) electrons. The zero-order valence-corrected chi connectivity index (χ0v) is 11.5. The van der Waals surface area contributed by atoms with Gasteiger partial charge in [-0.3, -0.25) is 0 Å². The van der Waals surface area contributed by atoms with Gasteiger partial charge in [-0.1, -0.05) is 32.1 Å². The van der Waals surface area contributed by atoms with Crippen LogP contribution in [0.2, 0.25) is 0 Å². The van der Waals surface area contributed by atoms with Crippen LogP contribution in [-0.4, -0.2) is 22.8 Å². The zero-order chi connectivity index (χ0) is 11.8. The molecule has 2 heterocycles. The normalized spacial score (nSPS) is 22.5. The summed E-state index contributed by atoms with van der Waals surface area (Å²) in [5, 5.41) is 10.9. The van der Waals surface area contributed by atoms with Crippen molar-refractivity contribution in [3.8, 4) is 0 Å². The van der Waals surface area contributed by atoms with E-state index < -0.39 is 0 Å². The Kier molecular flexibility index (Phi) is 3.19. The fraction of sp³-hybridized carbons (Fsp3) is 0.833. The van der Waals surface area contributed by atoms with Gasteiger partial charge in [-0.15, -0.1) is 10.2 Å². The van der Waals surface area contributed by atoms with E-state index in [0.717, 1.165) is 16.7 Å². The molecule has 90 valence electrons.